The molecule has 0 spiro atoms. The second kappa shape index (κ2) is 6.53. The normalized spacial score (nSPS) is 31.7. The molecule has 4 heteroatoms. The van der Waals surface area contributed by atoms with Gasteiger partial charge in [0.15, 0.2) is 0 Å². The van der Waals surface area contributed by atoms with Crippen molar-refractivity contribution in [3.05, 3.63) is 0 Å². The summed E-state index contributed by atoms with van der Waals surface area (Å²) in [6.07, 6.45) is 4.82. The molecule has 0 aromatic rings. The molecule has 0 aromatic heterocycles. The van der Waals surface area contributed by atoms with E-state index in [-0.39, 0.29) is 18.4 Å². The Morgan fingerprint density at radius 2 is 2.28 bits per heavy atom. The highest BCUT2D eigenvalue weighted by Gasteiger charge is 2.37. The number of carbonyl (C=O) groups excluding carboxylic acids is 1. The summed E-state index contributed by atoms with van der Waals surface area (Å²) in [5.74, 6) is 0.597. The van der Waals surface area contributed by atoms with Crippen LogP contribution in [0.25, 0.3) is 0 Å². The first-order valence-corrected chi connectivity index (χ1v) is 7.12. The Balaban J connectivity index is 2.65. The summed E-state index contributed by atoms with van der Waals surface area (Å²) in [5.41, 5.74) is 5.50. The van der Waals surface area contributed by atoms with E-state index in [1.165, 1.54) is 6.42 Å². The summed E-state index contributed by atoms with van der Waals surface area (Å²) >= 11 is 0. The molecule has 1 fully saturated rings. The molecule has 1 amide bonds. The van der Waals surface area contributed by atoms with Gasteiger partial charge < -0.3 is 16.2 Å². The molecule has 0 bridgehead atoms. The maximum Gasteiger partial charge on any atom is 0.237 e. The molecule has 0 aliphatic heterocycles. The number of nitrogens with two attached hydrogens (primary N) is 1. The third-order valence-electron chi connectivity index (χ3n) is 4.34. The molecule has 4 N–H and O–H groups in total. The van der Waals surface area contributed by atoms with Crippen LogP contribution in [0.2, 0.25) is 0 Å². The van der Waals surface area contributed by atoms with E-state index in [4.69, 9.17) is 5.73 Å². The number of aliphatic hydroxyl groups is 1. The van der Waals surface area contributed by atoms with Crippen LogP contribution in [-0.2, 0) is 4.79 Å². The zero-order chi connectivity index (χ0) is 13.8. The zero-order valence-corrected chi connectivity index (χ0v) is 11.9. The van der Waals surface area contributed by atoms with Crippen molar-refractivity contribution in [2.24, 2.45) is 17.6 Å². The Morgan fingerprint density at radius 3 is 2.78 bits per heavy atom. The van der Waals surface area contributed by atoms with Crippen molar-refractivity contribution < 1.29 is 9.90 Å². The Labute approximate surface area is 110 Å². The Kier molecular flexibility index (Phi) is 5.60. The number of amides is 1. The first-order chi connectivity index (χ1) is 8.44. The van der Waals surface area contributed by atoms with Crippen LogP contribution in [0.4, 0.5) is 0 Å². The van der Waals surface area contributed by atoms with Gasteiger partial charge in [0.05, 0.1) is 18.2 Å². The SMILES string of the molecule is CCC(C)[C@H](N)C(=O)NC1(CO)CCCC(C)C1. The quantitative estimate of drug-likeness (QED) is 0.696. The predicted octanol–water partition coefficient (Wildman–Crippen LogP) is 1.42. The highest BCUT2D eigenvalue weighted by Crippen LogP contribution is 2.32. The Hall–Kier alpha value is -0.610. The van der Waals surface area contributed by atoms with Crippen molar-refractivity contribution in [1.82, 2.24) is 5.32 Å². The van der Waals surface area contributed by atoms with Crippen LogP contribution in [0, 0.1) is 11.8 Å². The van der Waals surface area contributed by atoms with Crippen LogP contribution in [-0.4, -0.2) is 29.2 Å². The summed E-state index contributed by atoms with van der Waals surface area (Å²) in [6.45, 7) is 6.20. The fourth-order valence-electron chi connectivity index (χ4n) is 2.81. The number of aliphatic hydroxyl groups excluding tert-OH is 1. The third kappa shape index (κ3) is 3.69. The molecule has 4 atom stereocenters. The van der Waals surface area contributed by atoms with Crippen molar-refractivity contribution in [1.29, 1.82) is 0 Å². The fourth-order valence-corrected chi connectivity index (χ4v) is 2.81. The van der Waals surface area contributed by atoms with Crippen molar-refractivity contribution in [2.75, 3.05) is 6.61 Å². The lowest BCUT2D eigenvalue weighted by atomic mass is 9.76. The van der Waals surface area contributed by atoms with Crippen molar-refractivity contribution in [2.45, 2.75) is 64.5 Å². The minimum Gasteiger partial charge on any atom is -0.394 e. The predicted molar refractivity (Wildman–Crippen MR) is 73.0 cm³/mol. The molecule has 1 aliphatic rings. The van der Waals surface area contributed by atoms with Gasteiger partial charge in [0.25, 0.3) is 0 Å². The second-order valence-corrected chi connectivity index (χ2v) is 6.04. The van der Waals surface area contributed by atoms with E-state index < -0.39 is 11.6 Å². The van der Waals surface area contributed by atoms with Crippen molar-refractivity contribution >= 4 is 5.91 Å². The molecule has 0 aromatic carbocycles. The summed E-state index contributed by atoms with van der Waals surface area (Å²) in [6, 6.07) is -0.476. The van der Waals surface area contributed by atoms with E-state index in [1.54, 1.807) is 0 Å². The molecule has 1 rings (SSSR count). The lowest BCUT2D eigenvalue weighted by molar-refractivity contribution is -0.126. The summed E-state index contributed by atoms with van der Waals surface area (Å²) in [5, 5.41) is 12.6. The Morgan fingerprint density at radius 1 is 1.61 bits per heavy atom. The van der Waals surface area contributed by atoms with Gasteiger partial charge in [-0.05, 0) is 24.7 Å². The average Bonchev–Trinajstić information content (AvgIpc) is 2.36. The first-order valence-electron chi connectivity index (χ1n) is 7.12. The minimum absolute atomic E-state index is 0.0102. The summed E-state index contributed by atoms with van der Waals surface area (Å²) < 4.78 is 0. The standard InChI is InChI=1S/C14H28N2O2/c1-4-11(3)12(15)13(18)16-14(9-17)7-5-6-10(2)8-14/h10-12,17H,4-9,15H2,1-3H3,(H,16,18)/t10?,11?,12-,14?/m0/s1. The summed E-state index contributed by atoms with van der Waals surface area (Å²) in [7, 11) is 0. The van der Waals surface area contributed by atoms with E-state index >= 15 is 0 Å². The van der Waals surface area contributed by atoms with Gasteiger partial charge in [-0.25, -0.2) is 0 Å². The topological polar surface area (TPSA) is 75.4 Å². The average molecular weight is 256 g/mol. The van der Waals surface area contributed by atoms with E-state index in [1.807, 2.05) is 13.8 Å². The van der Waals surface area contributed by atoms with Gasteiger partial charge in [-0.15, -0.1) is 0 Å². The third-order valence-corrected chi connectivity index (χ3v) is 4.34. The number of rotatable bonds is 5. The molecule has 3 unspecified atom stereocenters. The first kappa shape index (κ1) is 15.4. The van der Waals surface area contributed by atoms with E-state index in [0.717, 1.165) is 25.7 Å². The number of nitrogens with one attached hydrogen (secondary N) is 1. The molecule has 0 radical (unpaired) electrons. The van der Waals surface area contributed by atoms with Gasteiger partial charge in [-0.2, -0.15) is 0 Å². The van der Waals surface area contributed by atoms with Gasteiger partial charge in [-0.3, -0.25) is 4.79 Å². The van der Waals surface area contributed by atoms with Crippen LogP contribution in [0.15, 0.2) is 0 Å². The lowest BCUT2D eigenvalue weighted by Crippen LogP contribution is -2.58. The number of hydrogen-bond donors (Lipinski definition) is 3. The van der Waals surface area contributed by atoms with Gasteiger partial charge in [-0.1, -0.05) is 40.0 Å². The highest BCUT2D eigenvalue weighted by molar-refractivity contribution is 5.82. The molecule has 4 nitrogen and oxygen atoms in total. The molecule has 106 valence electrons. The van der Waals surface area contributed by atoms with Crippen LogP contribution < -0.4 is 11.1 Å². The molecular weight excluding hydrogens is 228 g/mol. The minimum atomic E-state index is -0.476. The molecule has 0 heterocycles. The molecule has 1 aliphatic carbocycles. The zero-order valence-electron chi connectivity index (χ0n) is 11.9. The van der Waals surface area contributed by atoms with Crippen molar-refractivity contribution in [3.8, 4) is 0 Å². The maximum absolute atomic E-state index is 12.1. The van der Waals surface area contributed by atoms with E-state index in [0.29, 0.717) is 5.92 Å². The van der Waals surface area contributed by atoms with Crippen LogP contribution in [0.3, 0.4) is 0 Å². The van der Waals surface area contributed by atoms with Gasteiger partial charge in [0.1, 0.15) is 0 Å². The lowest BCUT2D eigenvalue weighted by Gasteiger charge is -2.40. The van der Waals surface area contributed by atoms with Crippen LogP contribution in [0.1, 0.15) is 52.9 Å². The van der Waals surface area contributed by atoms with E-state index in [2.05, 4.69) is 12.2 Å². The van der Waals surface area contributed by atoms with E-state index in [9.17, 15) is 9.90 Å². The molecular formula is C14H28N2O2. The molecule has 0 saturated heterocycles. The number of hydrogen-bond acceptors (Lipinski definition) is 3. The monoisotopic (exact) mass is 256 g/mol. The number of carbonyl (C=O) groups is 1. The Bertz CT molecular complexity index is 283. The van der Waals surface area contributed by atoms with Crippen LogP contribution >= 0.6 is 0 Å². The largest absolute Gasteiger partial charge is 0.394 e. The van der Waals surface area contributed by atoms with Crippen molar-refractivity contribution in [3.63, 3.8) is 0 Å². The second-order valence-electron chi connectivity index (χ2n) is 6.04. The fraction of sp³-hybridized carbons (Fsp3) is 0.929. The molecule has 1 saturated carbocycles. The van der Waals surface area contributed by atoms with Gasteiger partial charge >= 0.3 is 0 Å². The molecule has 18 heavy (non-hydrogen) atoms. The van der Waals surface area contributed by atoms with Crippen LogP contribution in [0.5, 0.6) is 0 Å². The maximum atomic E-state index is 12.1. The van der Waals surface area contributed by atoms with Gasteiger partial charge in [0, 0.05) is 0 Å². The summed E-state index contributed by atoms with van der Waals surface area (Å²) in [4.78, 5) is 12.1. The van der Waals surface area contributed by atoms with Gasteiger partial charge in [0.2, 0.25) is 5.91 Å². The highest BCUT2D eigenvalue weighted by atomic mass is 16.3. The smallest absolute Gasteiger partial charge is 0.237 e.